The van der Waals surface area contributed by atoms with Crippen LogP contribution in [0, 0.1) is 0 Å². The molecule has 0 saturated heterocycles. The van der Waals surface area contributed by atoms with Crippen LogP contribution in [0.5, 0.6) is 11.5 Å². The summed E-state index contributed by atoms with van der Waals surface area (Å²) in [6, 6.07) is 12.4. The predicted octanol–water partition coefficient (Wildman–Crippen LogP) is 4.09. The van der Waals surface area contributed by atoms with Crippen molar-refractivity contribution in [2.24, 2.45) is 0 Å². The van der Waals surface area contributed by atoms with Crippen LogP contribution in [0.3, 0.4) is 0 Å². The Morgan fingerprint density at radius 1 is 1.07 bits per heavy atom. The molecule has 0 N–H and O–H groups in total. The van der Waals surface area contributed by atoms with Crippen molar-refractivity contribution in [3.05, 3.63) is 62.5 Å². The predicted molar refractivity (Wildman–Crippen MR) is 117 cm³/mol. The minimum Gasteiger partial charge on any atom is -0.493 e. The third-order valence-corrected chi connectivity index (χ3v) is 7.20. The number of nitrogens with zero attached hydrogens (tertiary/aromatic N) is 5. The van der Waals surface area contributed by atoms with Crippen LogP contribution in [0.1, 0.15) is 21.4 Å². The summed E-state index contributed by atoms with van der Waals surface area (Å²) in [4.78, 5) is 6.90. The van der Waals surface area contributed by atoms with Gasteiger partial charge in [-0.1, -0.05) is 6.07 Å². The van der Waals surface area contributed by atoms with E-state index in [0.717, 1.165) is 18.5 Å². The van der Waals surface area contributed by atoms with Gasteiger partial charge in [0.05, 0.1) is 20.3 Å². The Labute approximate surface area is 182 Å². The molecule has 3 aromatic heterocycles. The maximum Gasteiger partial charge on any atom is 0.205 e. The highest BCUT2D eigenvalue weighted by atomic mass is 32.1. The lowest BCUT2D eigenvalue weighted by atomic mass is 9.99. The summed E-state index contributed by atoms with van der Waals surface area (Å²) in [5, 5.41) is 17.5. The van der Waals surface area contributed by atoms with Gasteiger partial charge in [0.25, 0.3) is 0 Å². The lowest BCUT2D eigenvalue weighted by molar-refractivity contribution is 0.148. The van der Waals surface area contributed by atoms with Crippen molar-refractivity contribution in [1.82, 2.24) is 25.1 Å². The molecule has 0 amide bonds. The van der Waals surface area contributed by atoms with Gasteiger partial charge in [0, 0.05) is 21.9 Å². The highest BCUT2D eigenvalue weighted by Crippen LogP contribution is 2.39. The van der Waals surface area contributed by atoms with Crippen LogP contribution in [0.4, 0.5) is 0 Å². The fourth-order valence-electron chi connectivity index (χ4n) is 3.86. The molecule has 30 heavy (non-hydrogen) atoms. The molecule has 9 heteroatoms. The van der Waals surface area contributed by atoms with Gasteiger partial charge in [-0.3, -0.25) is 4.90 Å². The fraction of sp³-hybridized carbons (Fsp3) is 0.286. The van der Waals surface area contributed by atoms with Gasteiger partial charge in [0.1, 0.15) is 6.67 Å². The summed E-state index contributed by atoms with van der Waals surface area (Å²) in [6.07, 6.45) is 1.05. The van der Waals surface area contributed by atoms with Crippen LogP contribution in [0.15, 0.2) is 47.2 Å². The molecular formula is C21H21N5O2S2. The Balaban J connectivity index is 1.41. The van der Waals surface area contributed by atoms with E-state index in [1.54, 1.807) is 30.4 Å². The quantitative estimate of drug-likeness (QED) is 0.451. The van der Waals surface area contributed by atoms with Crippen molar-refractivity contribution < 1.29 is 9.47 Å². The van der Waals surface area contributed by atoms with E-state index in [9.17, 15) is 0 Å². The first kappa shape index (κ1) is 19.2. The number of rotatable bonds is 6. The fourth-order valence-corrected chi connectivity index (χ4v) is 5.64. The molecule has 0 fully saturated rings. The van der Waals surface area contributed by atoms with E-state index in [0.29, 0.717) is 24.0 Å². The van der Waals surface area contributed by atoms with Gasteiger partial charge >= 0.3 is 0 Å². The van der Waals surface area contributed by atoms with Crippen LogP contribution >= 0.6 is 22.7 Å². The lowest BCUT2D eigenvalue weighted by Gasteiger charge is -2.34. The first-order valence-corrected chi connectivity index (χ1v) is 11.4. The summed E-state index contributed by atoms with van der Waals surface area (Å²) in [7, 11) is 3.24. The van der Waals surface area contributed by atoms with Crippen molar-refractivity contribution in [3.63, 3.8) is 0 Å². The normalized spacial score (nSPS) is 16.4. The summed E-state index contributed by atoms with van der Waals surface area (Å²) >= 11 is 3.64. The number of fused-ring (bicyclic) bond motifs is 1. The molecule has 1 aliphatic heterocycles. The average Bonchev–Trinajstić information content (AvgIpc) is 3.54. The van der Waals surface area contributed by atoms with Crippen molar-refractivity contribution >= 4 is 22.7 Å². The molecule has 1 aromatic carbocycles. The number of thiophene rings is 2. The van der Waals surface area contributed by atoms with Crippen molar-refractivity contribution in [2.45, 2.75) is 19.1 Å². The van der Waals surface area contributed by atoms with E-state index < -0.39 is 0 Å². The zero-order valence-electron chi connectivity index (χ0n) is 16.7. The topological polar surface area (TPSA) is 65.3 Å². The molecule has 4 aromatic rings. The van der Waals surface area contributed by atoms with E-state index in [4.69, 9.17) is 9.47 Å². The molecule has 0 radical (unpaired) electrons. The van der Waals surface area contributed by atoms with Crippen molar-refractivity contribution in [1.29, 1.82) is 0 Å². The Bertz CT molecular complexity index is 1140. The molecule has 0 aliphatic carbocycles. The van der Waals surface area contributed by atoms with Gasteiger partial charge in [0.15, 0.2) is 11.5 Å². The molecule has 154 valence electrons. The number of ether oxygens (including phenoxy) is 2. The average molecular weight is 440 g/mol. The SMILES string of the molecule is COc1ccc(-c2nnn(CN3CCc4sccc4[C@@H]3c3cccs3)n2)cc1OC. The lowest BCUT2D eigenvalue weighted by Crippen LogP contribution is -2.37. The third-order valence-electron chi connectivity index (χ3n) is 5.28. The van der Waals surface area contributed by atoms with Crippen LogP contribution in [-0.2, 0) is 13.1 Å². The molecule has 7 nitrogen and oxygen atoms in total. The molecule has 1 aliphatic rings. The van der Waals surface area contributed by atoms with Crippen LogP contribution < -0.4 is 9.47 Å². The zero-order valence-corrected chi connectivity index (χ0v) is 18.3. The van der Waals surface area contributed by atoms with Gasteiger partial charge in [-0.2, -0.15) is 0 Å². The van der Waals surface area contributed by atoms with E-state index >= 15 is 0 Å². The smallest absolute Gasteiger partial charge is 0.205 e. The summed E-state index contributed by atoms with van der Waals surface area (Å²) in [5.41, 5.74) is 2.24. The van der Waals surface area contributed by atoms with Gasteiger partial charge < -0.3 is 9.47 Å². The van der Waals surface area contributed by atoms with E-state index in [-0.39, 0.29) is 6.04 Å². The molecule has 5 rings (SSSR count). The Morgan fingerprint density at radius 3 is 2.77 bits per heavy atom. The van der Waals surface area contributed by atoms with E-state index in [1.165, 1.54) is 15.3 Å². The number of tetrazole rings is 1. The zero-order chi connectivity index (χ0) is 20.5. The van der Waals surface area contributed by atoms with Gasteiger partial charge in [-0.25, -0.2) is 0 Å². The largest absolute Gasteiger partial charge is 0.493 e. The molecule has 4 heterocycles. The van der Waals surface area contributed by atoms with E-state index in [2.05, 4.69) is 49.3 Å². The van der Waals surface area contributed by atoms with Crippen molar-refractivity contribution in [2.75, 3.05) is 20.8 Å². The second-order valence-electron chi connectivity index (χ2n) is 6.98. The molecule has 0 spiro atoms. The van der Waals surface area contributed by atoms with Gasteiger partial charge in [-0.05, 0) is 58.3 Å². The third kappa shape index (κ3) is 3.49. The standard InChI is InChI=1S/C21H21N5O2S2/c1-27-16-6-5-14(12-17(16)28-2)21-22-24-26(23-21)13-25-9-7-18-15(8-11-30-18)20(25)19-4-3-10-29-19/h3-6,8,10-12,20H,7,9,13H2,1-2H3/t20-/m1/s1. The second-order valence-corrected chi connectivity index (χ2v) is 8.96. The minimum atomic E-state index is 0.232. The minimum absolute atomic E-state index is 0.232. The molecule has 0 bridgehead atoms. The Kier molecular flexibility index (Phi) is 5.24. The first-order valence-electron chi connectivity index (χ1n) is 9.60. The van der Waals surface area contributed by atoms with Crippen molar-refractivity contribution in [3.8, 4) is 22.9 Å². The molecule has 0 unspecified atom stereocenters. The van der Waals surface area contributed by atoms with E-state index in [1.807, 2.05) is 29.5 Å². The summed E-state index contributed by atoms with van der Waals surface area (Å²) in [5.74, 6) is 1.88. The maximum absolute atomic E-state index is 5.39. The highest BCUT2D eigenvalue weighted by Gasteiger charge is 2.31. The maximum atomic E-state index is 5.39. The first-order chi connectivity index (χ1) is 14.8. The molecular weight excluding hydrogens is 418 g/mol. The Morgan fingerprint density at radius 2 is 1.97 bits per heavy atom. The number of methoxy groups -OCH3 is 2. The Hall–Kier alpha value is -2.75. The highest BCUT2D eigenvalue weighted by molar-refractivity contribution is 7.10. The van der Waals surface area contributed by atoms with Crippen LogP contribution in [0.25, 0.3) is 11.4 Å². The molecule has 1 atom stereocenters. The number of hydrogen-bond acceptors (Lipinski definition) is 8. The van der Waals surface area contributed by atoms with Gasteiger partial charge in [0.2, 0.25) is 5.82 Å². The summed E-state index contributed by atoms with van der Waals surface area (Å²) in [6.45, 7) is 1.54. The monoisotopic (exact) mass is 439 g/mol. The second kappa shape index (κ2) is 8.17. The molecule has 0 saturated carbocycles. The number of hydrogen-bond donors (Lipinski definition) is 0. The van der Waals surface area contributed by atoms with Gasteiger partial charge in [-0.15, -0.1) is 37.7 Å². The summed E-state index contributed by atoms with van der Waals surface area (Å²) < 4.78 is 10.7. The van der Waals surface area contributed by atoms with Crippen LogP contribution in [-0.4, -0.2) is 45.9 Å². The number of aromatic nitrogens is 4. The van der Waals surface area contributed by atoms with Crippen LogP contribution in [0.2, 0.25) is 0 Å². The number of benzene rings is 1.